The summed E-state index contributed by atoms with van der Waals surface area (Å²) in [7, 11) is 0. The van der Waals surface area contributed by atoms with Gasteiger partial charge in [-0.2, -0.15) is 0 Å². The van der Waals surface area contributed by atoms with Crippen molar-refractivity contribution in [2.24, 2.45) is 0 Å². The molecule has 1 heterocycles. The molecule has 0 atom stereocenters. The van der Waals surface area contributed by atoms with Crippen LogP contribution in [0, 0.1) is 13.8 Å². The standard InChI is InChI=1S/C17H14ClNO/c1-10-6-7-12(11(2)8-10)16-14(9-20)13-4-3-5-15(18)17(13)19-16/h3-9,19H,1-2H3. The molecular weight excluding hydrogens is 270 g/mol. The molecule has 3 rings (SSSR count). The highest BCUT2D eigenvalue weighted by Crippen LogP contribution is 2.34. The van der Waals surface area contributed by atoms with Crippen LogP contribution in [0.15, 0.2) is 36.4 Å². The first-order valence-electron chi connectivity index (χ1n) is 6.45. The van der Waals surface area contributed by atoms with Gasteiger partial charge in [-0.25, -0.2) is 0 Å². The number of carbonyl (C=O) groups is 1. The summed E-state index contributed by atoms with van der Waals surface area (Å²) in [5.41, 5.74) is 5.68. The van der Waals surface area contributed by atoms with E-state index in [0.717, 1.165) is 34.0 Å². The second kappa shape index (κ2) is 4.80. The predicted octanol–water partition coefficient (Wildman–Crippen LogP) is 4.92. The van der Waals surface area contributed by atoms with Crippen molar-refractivity contribution < 1.29 is 4.79 Å². The van der Waals surface area contributed by atoms with E-state index in [9.17, 15) is 4.79 Å². The molecule has 0 unspecified atom stereocenters. The first kappa shape index (κ1) is 12.9. The summed E-state index contributed by atoms with van der Waals surface area (Å²) in [4.78, 5) is 14.8. The number of aromatic amines is 1. The molecule has 0 radical (unpaired) electrons. The van der Waals surface area contributed by atoms with Crippen LogP contribution >= 0.6 is 11.6 Å². The first-order chi connectivity index (χ1) is 9.61. The fourth-order valence-electron chi connectivity index (χ4n) is 2.63. The Bertz CT molecular complexity index is 817. The van der Waals surface area contributed by atoms with Crippen molar-refractivity contribution in [1.29, 1.82) is 0 Å². The number of aryl methyl sites for hydroxylation is 2. The number of para-hydroxylation sites is 1. The van der Waals surface area contributed by atoms with Gasteiger partial charge in [0.25, 0.3) is 0 Å². The van der Waals surface area contributed by atoms with Gasteiger partial charge in [-0.1, -0.05) is 47.5 Å². The number of H-pyrrole nitrogens is 1. The fourth-order valence-corrected chi connectivity index (χ4v) is 2.85. The van der Waals surface area contributed by atoms with Crippen LogP contribution in [-0.4, -0.2) is 11.3 Å². The van der Waals surface area contributed by atoms with Crippen LogP contribution in [0.3, 0.4) is 0 Å². The topological polar surface area (TPSA) is 32.9 Å². The van der Waals surface area contributed by atoms with Crippen molar-refractivity contribution in [2.75, 3.05) is 0 Å². The van der Waals surface area contributed by atoms with Gasteiger partial charge in [-0.3, -0.25) is 4.79 Å². The van der Waals surface area contributed by atoms with Crippen LogP contribution in [0.25, 0.3) is 22.2 Å². The third-order valence-electron chi connectivity index (χ3n) is 3.59. The highest BCUT2D eigenvalue weighted by atomic mass is 35.5. The summed E-state index contributed by atoms with van der Waals surface area (Å²) in [6, 6.07) is 11.8. The maximum atomic E-state index is 11.5. The predicted molar refractivity (Wildman–Crippen MR) is 83.6 cm³/mol. The van der Waals surface area contributed by atoms with E-state index in [1.54, 1.807) is 0 Å². The molecule has 100 valence electrons. The Hall–Kier alpha value is -2.06. The van der Waals surface area contributed by atoms with E-state index >= 15 is 0 Å². The maximum Gasteiger partial charge on any atom is 0.152 e. The van der Waals surface area contributed by atoms with Crippen molar-refractivity contribution in [3.05, 3.63) is 58.1 Å². The van der Waals surface area contributed by atoms with Crippen molar-refractivity contribution in [3.8, 4) is 11.3 Å². The Morgan fingerprint density at radius 3 is 2.65 bits per heavy atom. The second-order valence-electron chi connectivity index (χ2n) is 5.01. The molecule has 0 spiro atoms. The van der Waals surface area contributed by atoms with Gasteiger partial charge in [0.15, 0.2) is 6.29 Å². The third-order valence-corrected chi connectivity index (χ3v) is 3.91. The molecule has 0 amide bonds. The van der Waals surface area contributed by atoms with Crippen LogP contribution in [-0.2, 0) is 0 Å². The van der Waals surface area contributed by atoms with Crippen LogP contribution in [0.2, 0.25) is 5.02 Å². The minimum atomic E-state index is 0.626. The van der Waals surface area contributed by atoms with Gasteiger partial charge >= 0.3 is 0 Å². The Morgan fingerprint density at radius 1 is 1.15 bits per heavy atom. The molecule has 0 saturated heterocycles. The zero-order valence-electron chi connectivity index (χ0n) is 11.3. The monoisotopic (exact) mass is 283 g/mol. The lowest BCUT2D eigenvalue weighted by molar-refractivity contribution is 0.112. The van der Waals surface area contributed by atoms with Crippen molar-refractivity contribution in [1.82, 2.24) is 4.98 Å². The Kier molecular flexibility index (Phi) is 3.11. The molecule has 2 nitrogen and oxygen atoms in total. The molecule has 0 aliphatic carbocycles. The molecule has 1 aromatic heterocycles. The quantitative estimate of drug-likeness (QED) is 0.666. The van der Waals surface area contributed by atoms with Gasteiger partial charge in [0, 0.05) is 16.5 Å². The number of aldehydes is 1. The van der Waals surface area contributed by atoms with E-state index < -0.39 is 0 Å². The van der Waals surface area contributed by atoms with E-state index in [2.05, 4.69) is 18.0 Å². The minimum Gasteiger partial charge on any atom is -0.353 e. The molecule has 20 heavy (non-hydrogen) atoms. The van der Waals surface area contributed by atoms with Gasteiger partial charge in [-0.05, 0) is 25.5 Å². The highest BCUT2D eigenvalue weighted by Gasteiger charge is 2.15. The number of fused-ring (bicyclic) bond motifs is 1. The summed E-state index contributed by atoms with van der Waals surface area (Å²) >= 11 is 6.20. The molecule has 0 fully saturated rings. The van der Waals surface area contributed by atoms with E-state index in [0.29, 0.717) is 10.6 Å². The van der Waals surface area contributed by atoms with Gasteiger partial charge in [0.05, 0.1) is 16.2 Å². The molecule has 1 N–H and O–H groups in total. The van der Waals surface area contributed by atoms with Crippen molar-refractivity contribution in [2.45, 2.75) is 13.8 Å². The van der Waals surface area contributed by atoms with E-state index in [-0.39, 0.29) is 0 Å². The van der Waals surface area contributed by atoms with Gasteiger partial charge < -0.3 is 4.98 Å². The van der Waals surface area contributed by atoms with Gasteiger partial charge in [0.1, 0.15) is 0 Å². The number of rotatable bonds is 2. The average Bonchev–Trinajstić information content (AvgIpc) is 2.78. The Balaban J connectivity index is 2.36. The summed E-state index contributed by atoms with van der Waals surface area (Å²) < 4.78 is 0. The van der Waals surface area contributed by atoms with Gasteiger partial charge in [0.2, 0.25) is 0 Å². The van der Waals surface area contributed by atoms with E-state index in [4.69, 9.17) is 11.6 Å². The van der Waals surface area contributed by atoms with Crippen LogP contribution in [0.5, 0.6) is 0 Å². The second-order valence-corrected chi connectivity index (χ2v) is 5.42. The lowest BCUT2D eigenvalue weighted by Gasteiger charge is -2.06. The van der Waals surface area contributed by atoms with Gasteiger partial charge in [-0.15, -0.1) is 0 Å². The number of hydrogen-bond donors (Lipinski definition) is 1. The fraction of sp³-hybridized carbons (Fsp3) is 0.118. The smallest absolute Gasteiger partial charge is 0.152 e. The Labute approximate surface area is 122 Å². The van der Waals surface area contributed by atoms with Crippen LogP contribution in [0.4, 0.5) is 0 Å². The van der Waals surface area contributed by atoms with Crippen molar-refractivity contribution in [3.63, 3.8) is 0 Å². The molecule has 0 aliphatic heterocycles. The summed E-state index contributed by atoms with van der Waals surface area (Å²) in [6.45, 7) is 4.10. The number of nitrogens with one attached hydrogen (secondary N) is 1. The van der Waals surface area contributed by atoms with Crippen LogP contribution in [0.1, 0.15) is 21.5 Å². The molecular formula is C17H14ClNO. The largest absolute Gasteiger partial charge is 0.353 e. The number of aromatic nitrogens is 1. The molecule has 2 aromatic carbocycles. The van der Waals surface area contributed by atoms with Crippen LogP contribution < -0.4 is 0 Å². The minimum absolute atomic E-state index is 0.626. The number of carbonyl (C=O) groups excluding carboxylic acids is 1. The normalized spacial score (nSPS) is 10.9. The molecule has 3 aromatic rings. The van der Waals surface area contributed by atoms with E-state index in [1.165, 1.54) is 5.56 Å². The third kappa shape index (κ3) is 1.93. The molecule has 3 heteroatoms. The molecule has 0 saturated carbocycles. The SMILES string of the molecule is Cc1ccc(-c2[nH]c3c(Cl)cccc3c2C=O)c(C)c1. The summed E-state index contributed by atoms with van der Waals surface area (Å²) in [5.74, 6) is 0. The number of halogens is 1. The maximum absolute atomic E-state index is 11.5. The lowest BCUT2D eigenvalue weighted by atomic mass is 10.00. The zero-order valence-corrected chi connectivity index (χ0v) is 12.1. The highest BCUT2D eigenvalue weighted by molar-refractivity contribution is 6.35. The molecule has 0 aliphatic rings. The van der Waals surface area contributed by atoms with Crippen molar-refractivity contribution >= 4 is 28.8 Å². The average molecular weight is 284 g/mol. The molecule has 0 bridgehead atoms. The lowest BCUT2D eigenvalue weighted by Crippen LogP contribution is -1.89. The zero-order chi connectivity index (χ0) is 14.3. The number of benzene rings is 2. The first-order valence-corrected chi connectivity index (χ1v) is 6.82. The summed E-state index contributed by atoms with van der Waals surface area (Å²) in [6.07, 6.45) is 0.893. The Morgan fingerprint density at radius 2 is 1.95 bits per heavy atom. The number of hydrogen-bond acceptors (Lipinski definition) is 1. The summed E-state index contributed by atoms with van der Waals surface area (Å²) in [5, 5.41) is 1.49. The van der Waals surface area contributed by atoms with E-state index in [1.807, 2.05) is 37.3 Å².